The van der Waals surface area contributed by atoms with E-state index in [4.69, 9.17) is 9.52 Å². The van der Waals surface area contributed by atoms with E-state index in [9.17, 15) is 4.79 Å². The first-order valence-corrected chi connectivity index (χ1v) is 7.31. The van der Waals surface area contributed by atoms with E-state index < -0.39 is 0 Å². The summed E-state index contributed by atoms with van der Waals surface area (Å²) in [6.45, 7) is 3.46. The lowest BCUT2D eigenvalue weighted by molar-refractivity contribution is 0.0456. The summed E-state index contributed by atoms with van der Waals surface area (Å²) in [5, 5.41) is 14.8. The molecule has 1 unspecified atom stereocenters. The van der Waals surface area contributed by atoms with E-state index in [1.165, 1.54) is 6.42 Å². The molecule has 5 heteroatoms. The van der Waals surface area contributed by atoms with Gasteiger partial charge in [0.15, 0.2) is 0 Å². The number of hydrogen-bond acceptors (Lipinski definition) is 3. The largest absolute Gasteiger partial charge is 0.467 e. The number of urea groups is 1. The number of carbonyl (C=O) groups excluding carboxylic acids is 1. The Morgan fingerprint density at radius 2 is 2.30 bits per heavy atom. The van der Waals surface area contributed by atoms with Crippen molar-refractivity contribution in [1.29, 1.82) is 0 Å². The monoisotopic (exact) mass is 280 g/mol. The van der Waals surface area contributed by atoms with Crippen LogP contribution in [0.1, 0.15) is 38.4 Å². The first-order valence-electron chi connectivity index (χ1n) is 7.31. The number of aliphatic hydroxyl groups is 1. The number of rotatable bonds is 7. The average Bonchev–Trinajstić information content (AvgIpc) is 2.88. The highest BCUT2D eigenvalue weighted by atomic mass is 16.3. The Balaban J connectivity index is 1.74. The smallest absolute Gasteiger partial charge is 0.315 e. The van der Waals surface area contributed by atoms with Crippen LogP contribution in [0.5, 0.6) is 0 Å². The van der Waals surface area contributed by atoms with Crippen LogP contribution in [0.25, 0.3) is 0 Å². The molecule has 1 heterocycles. The van der Waals surface area contributed by atoms with Crippen molar-refractivity contribution in [3.05, 3.63) is 24.2 Å². The highest BCUT2D eigenvalue weighted by Crippen LogP contribution is 2.47. The molecule has 1 saturated carbocycles. The second-order valence-corrected chi connectivity index (χ2v) is 5.74. The van der Waals surface area contributed by atoms with Gasteiger partial charge < -0.3 is 20.2 Å². The van der Waals surface area contributed by atoms with Crippen LogP contribution < -0.4 is 10.6 Å². The predicted octanol–water partition coefficient (Wildman–Crippen LogP) is 2.27. The van der Waals surface area contributed by atoms with Crippen molar-refractivity contribution in [2.75, 3.05) is 13.2 Å². The standard InChI is InChI=1S/C15H24N2O3/c1-12(5-8-18)15(6-3-7-15)11-17-14(19)16-10-13-4-2-9-20-13/h2,4,9,12,18H,3,5-8,10-11H2,1H3,(H2,16,17,19). The number of aliphatic hydroxyl groups excluding tert-OH is 1. The maximum atomic E-state index is 11.8. The lowest BCUT2D eigenvalue weighted by Crippen LogP contribution is -2.48. The van der Waals surface area contributed by atoms with Crippen molar-refractivity contribution >= 4 is 6.03 Å². The van der Waals surface area contributed by atoms with Crippen LogP contribution in [-0.4, -0.2) is 24.3 Å². The van der Waals surface area contributed by atoms with Gasteiger partial charge in [0.05, 0.1) is 12.8 Å². The van der Waals surface area contributed by atoms with Crippen molar-refractivity contribution in [3.63, 3.8) is 0 Å². The van der Waals surface area contributed by atoms with E-state index in [0.717, 1.165) is 25.0 Å². The van der Waals surface area contributed by atoms with Gasteiger partial charge in [-0.05, 0) is 42.7 Å². The van der Waals surface area contributed by atoms with E-state index in [1.807, 2.05) is 6.07 Å². The summed E-state index contributed by atoms with van der Waals surface area (Å²) < 4.78 is 5.16. The third kappa shape index (κ3) is 3.54. The number of hydrogen-bond donors (Lipinski definition) is 3. The van der Waals surface area contributed by atoms with Gasteiger partial charge >= 0.3 is 6.03 Å². The molecule has 0 aliphatic heterocycles. The Bertz CT molecular complexity index is 413. The molecule has 1 atom stereocenters. The quantitative estimate of drug-likeness (QED) is 0.717. The van der Waals surface area contributed by atoms with Gasteiger partial charge in [-0.1, -0.05) is 13.3 Å². The summed E-state index contributed by atoms with van der Waals surface area (Å²) in [7, 11) is 0. The van der Waals surface area contributed by atoms with Crippen molar-refractivity contribution in [1.82, 2.24) is 10.6 Å². The Hall–Kier alpha value is -1.49. The Morgan fingerprint density at radius 3 is 2.85 bits per heavy atom. The molecule has 3 N–H and O–H groups in total. The lowest BCUT2D eigenvalue weighted by atomic mass is 9.60. The minimum atomic E-state index is -0.163. The summed E-state index contributed by atoms with van der Waals surface area (Å²) in [4.78, 5) is 11.8. The zero-order chi connectivity index (χ0) is 14.4. The van der Waals surface area contributed by atoms with Crippen molar-refractivity contribution in [2.45, 2.75) is 39.2 Å². The number of carbonyl (C=O) groups is 1. The van der Waals surface area contributed by atoms with Gasteiger partial charge in [-0.25, -0.2) is 4.79 Å². The third-order valence-electron chi connectivity index (χ3n) is 4.56. The molecule has 2 amide bonds. The summed E-state index contributed by atoms with van der Waals surface area (Å²) in [6.07, 6.45) is 5.87. The van der Waals surface area contributed by atoms with Crippen molar-refractivity contribution in [3.8, 4) is 0 Å². The van der Waals surface area contributed by atoms with E-state index in [0.29, 0.717) is 19.0 Å². The van der Waals surface area contributed by atoms with Gasteiger partial charge in [0, 0.05) is 13.2 Å². The van der Waals surface area contributed by atoms with E-state index >= 15 is 0 Å². The molecule has 5 nitrogen and oxygen atoms in total. The molecule has 2 rings (SSSR count). The van der Waals surface area contributed by atoms with Crippen molar-refractivity contribution in [2.24, 2.45) is 11.3 Å². The van der Waals surface area contributed by atoms with Crippen molar-refractivity contribution < 1.29 is 14.3 Å². The molecular formula is C15H24N2O3. The SMILES string of the molecule is CC(CCO)C1(CNC(=O)NCc2ccco2)CCC1. The summed E-state index contributed by atoms with van der Waals surface area (Å²) in [5.74, 6) is 1.18. The molecule has 1 fully saturated rings. The minimum Gasteiger partial charge on any atom is -0.467 e. The number of nitrogens with one attached hydrogen (secondary N) is 2. The molecule has 1 aliphatic carbocycles. The highest BCUT2D eigenvalue weighted by molar-refractivity contribution is 5.73. The first-order chi connectivity index (χ1) is 9.66. The van der Waals surface area contributed by atoms with Gasteiger partial charge in [0.1, 0.15) is 5.76 Å². The fourth-order valence-corrected chi connectivity index (χ4v) is 2.87. The topological polar surface area (TPSA) is 74.5 Å². The average molecular weight is 280 g/mol. The molecule has 1 aliphatic rings. The maximum absolute atomic E-state index is 11.8. The van der Waals surface area contributed by atoms with Crippen LogP contribution in [-0.2, 0) is 6.54 Å². The molecule has 112 valence electrons. The van der Waals surface area contributed by atoms with Crippen LogP contribution in [0.2, 0.25) is 0 Å². The second-order valence-electron chi connectivity index (χ2n) is 5.74. The molecule has 0 radical (unpaired) electrons. The second kappa shape index (κ2) is 6.79. The molecule has 0 bridgehead atoms. The van der Waals surface area contributed by atoms with Crippen LogP contribution in [0.15, 0.2) is 22.8 Å². The molecule has 1 aromatic heterocycles. The Kier molecular flexibility index (Phi) is 5.06. The molecule has 0 aromatic carbocycles. The predicted molar refractivity (Wildman–Crippen MR) is 76.1 cm³/mol. The van der Waals surface area contributed by atoms with E-state index in [-0.39, 0.29) is 18.1 Å². The Labute approximate surface area is 119 Å². The minimum absolute atomic E-state index is 0.163. The van der Waals surface area contributed by atoms with Gasteiger partial charge in [-0.3, -0.25) is 0 Å². The fourth-order valence-electron chi connectivity index (χ4n) is 2.87. The fraction of sp³-hybridized carbons (Fsp3) is 0.667. The van der Waals surface area contributed by atoms with E-state index in [1.54, 1.807) is 12.3 Å². The van der Waals surface area contributed by atoms with Gasteiger partial charge in [0.25, 0.3) is 0 Å². The van der Waals surface area contributed by atoms with Gasteiger partial charge in [-0.15, -0.1) is 0 Å². The van der Waals surface area contributed by atoms with Crippen LogP contribution in [0, 0.1) is 11.3 Å². The summed E-state index contributed by atoms with van der Waals surface area (Å²) in [6, 6.07) is 3.47. The lowest BCUT2D eigenvalue weighted by Gasteiger charge is -2.46. The zero-order valence-electron chi connectivity index (χ0n) is 12.0. The van der Waals surface area contributed by atoms with Gasteiger partial charge in [0.2, 0.25) is 0 Å². The number of furan rings is 1. The normalized spacial score (nSPS) is 18.1. The van der Waals surface area contributed by atoms with Gasteiger partial charge in [-0.2, -0.15) is 0 Å². The first kappa shape index (κ1) is 14.9. The Morgan fingerprint density at radius 1 is 1.50 bits per heavy atom. The summed E-state index contributed by atoms with van der Waals surface area (Å²) in [5.41, 5.74) is 0.171. The third-order valence-corrected chi connectivity index (χ3v) is 4.56. The molecule has 0 spiro atoms. The molecule has 20 heavy (non-hydrogen) atoms. The zero-order valence-corrected chi connectivity index (χ0v) is 12.0. The maximum Gasteiger partial charge on any atom is 0.315 e. The summed E-state index contributed by atoms with van der Waals surface area (Å²) >= 11 is 0. The van der Waals surface area contributed by atoms with Crippen LogP contribution in [0.3, 0.4) is 0 Å². The molecule has 0 saturated heterocycles. The van der Waals surface area contributed by atoms with Crippen LogP contribution >= 0.6 is 0 Å². The van der Waals surface area contributed by atoms with Crippen LogP contribution in [0.4, 0.5) is 4.79 Å². The van der Waals surface area contributed by atoms with E-state index in [2.05, 4.69) is 17.6 Å². The molecular weight excluding hydrogens is 256 g/mol. The highest BCUT2D eigenvalue weighted by Gasteiger charge is 2.41. The number of amides is 2. The molecule has 1 aromatic rings.